The molecular weight excluding hydrogens is 198 g/mol. The lowest BCUT2D eigenvalue weighted by atomic mass is 9.83. The van der Waals surface area contributed by atoms with Crippen molar-refractivity contribution in [1.82, 2.24) is 0 Å². The van der Waals surface area contributed by atoms with Gasteiger partial charge in [-0.05, 0) is 33.1 Å². The molecule has 0 spiro atoms. The fourth-order valence-corrected chi connectivity index (χ4v) is 2.80. The summed E-state index contributed by atoms with van der Waals surface area (Å²) in [6.45, 7) is 8.86. The summed E-state index contributed by atoms with van der Waals surface area (Å²) >= 11 is 0. The van der Waals surface area contributed by atoms with Crippen LogP contribution in [0.2, 0.25) is 0 Å². The van der Waals surface area contributed by atoms with Crippen molar-refractivity contribution >= 4 is 0 Å². The molecule has 16 heavy (non-hydrogen) atoms. The average Bonchev–Trinajstić information content (AvgIpc) is 2.44. The highest BCUT2D eigenvalue weighted by molar-refractivity contribution is 5.01. The first kappa shape index (κ1) is 13.7. The standard InChI is InChI=1S/C14H27NO/c1-4-16-14(13(15)11-12(2)3)9-7-5-6-8-10-14/h13H,2,4-11,15H2,1,3H3. The van der Waals surface area contributed by atoms with Crippen molar-refractivity contribution in [2.75, 3.05) is 6.61 Å². The van der Waals surface area contributed by atoms with Crippen molar-refractivity contribution in [3.05, 3.63) is 12.2 Å². The third-order valence-electron chi connectivity index (χ3n) is 3.63. The number of hydrogen-bond donors (Lipinski definition) is 1. The van der Waals surface area contributed by atoms with Crippen molar-refractivity contribution < 1.29 is 4.74 Å². The van der Waals surface area contributed by atoms with Gasteiger partial charge in [0.1, 0.15) is 0 Å². The smallest absolute Gasteiger partial charge is 0.0835 e. The van der Waals surface area contributed by atoms with Crippen LogP contribution < -0.4 is 5.73 Å². The molecule has 2 N–H and O–H groups in total. The maximum atomic E-state index is 6.35. The minimum absolute atomic E-state index is 0.0792. The van der Waals surface area contributed by atoms with Crippen LogP contribution in [0.15, 0.2) is 12.2 Å². The van der Waals surface area contributed by atoms with Gasteiger partial charge in [-0.1, -0.05) is 31.3 Å². The third kappa shape index (κ3) is 3.60. The van der Waals surface area contributed by atoms with Crippen molar-refractivity contribution in [2.24, 2.45) is 5.73 Å². The van der Waals surface area contributed by atoms with E-state index in [0.29, 0.717) is 0 Å². The molecule has 0 saturated heterocycles. The maximum absolute atomic E-state index is 6.35. The monoisotopic (exact) mass is 225 g/mol. The first-order valence-electron chi connectivity index (χ1n) is 6.64. The summed E-state index contributed by atoms with van der Waals surface area (Å²) in [5.41, 5.74) is 7.44. The van der Waals surface area contributed by atoms with Crippen molar-refractivity contribution in [2.45, 2.75) is 70.4 Å². The minimum Gasteiger partial charge on any atom is -0.374 e. The molecule has 1 saturated carbocycles. The summed E-state index contributed by atoms with van der Waals surface area (Å²) in [6, 6.07) is 0.114. The molecule has 0 bridgehead atoms. The molecule has 1 atom stereocenters. The molecule has 1 rings (SSSR count). The van der Waals surface area contributed by atoms with E-state index in [0.717, 1.165) is 31.4 Å². The van der Waals surface area contributed by atoms with Gasteiger partial charge in [0, 0.05) is 12.6 Å². The van der Waals surface area contributed by atoms with Gasteiger partial charge in [-0.3, -0.25) is 0 Å². The molecule has 2 nitrogen and oxygen atoms in total. The van der Waals surface area contributed by atoms with E-state index in [1.165, 1.54) is 25.7 Å². The number of nitrogens with two attached hydrogens (primary N) is 1. The molecular formula is C14H27NO. The summed E-state index contributed by atoms with van der Waals surface area (Å²) < 4.78 is 6.05. The van der Waals surface area contributed by atoms with Gasteiger partial charge in [-0.15, -0.1) is 6.58 Å². The topological polar surface area (TPSA) is 35.2 Å². The molecule has 0 heterocycles. The fourth-order valence-electron chi connectivity index (χ4n) is 2.80. The molecule has 1 aliphatic rings. The second-order valence-electron chi connectivity index (χ2n) is 5.18. The highest BCUT2D eigenvalue weighted by Gasteiger charge is 2.37. The summed E-state index contributed by atoms with van der Waals surface area (Å²) in [6.07, 6.45) is 8.29. The Kier molecular flexibility index (Phi) is 5.50. The lowest BCUT2D eigenvalue weighted by molar-refractivity contribution is -0.0682. The zero-order valence-corrected chi connectivity index (χ0v) is 10.9. The van der Waals surface area contributed by atoms with E-state index in [1.54, 1.807) is 0 Å². The van der Waals surface area contributed by atoms with Gasteiger partial charge in [0.15, 0.2) is 0 Å². The second-order valence-corrected chi connectivity index (χ2v) is 5.18. The first-order valence-corrected chi connectivity index (χ1v) is 6.64. The predicted molar refractivity (Wildman–Crippen MR) is 69.5 cm³/mol. The fraction of sp³-hybridized carbons (Fsp3) is 0.857. The quantitative estimate of drug-likeness (QED) is 0.575. The van der Waals surface area contributed by atoms with Crippen LogP contribution in [0, 0.1) is 0 Å². The zero-order valence-electron chi connectivity index (χ0n) is 10.9. The summed E-state index contributed by atoms with van der Waals surface area (Å²) in [5.74, 6) is 0. The SMILES string of the molecule is C=C(C)CC(N)C1(OCC)CCCCCC1. The lowest BCUT2D eigenvalue weighted by Crippen LogP contribution is -2.50. The Hall–Kier alpha value is -0.340. The van der Waals surface area contributed by atoms with Gasteiger partial charge in [0.05, 0.1) is 5.60 Å². The Morgan fingerprint density at radius 1 is 1.31 bits per heavy atom. The molecule has 1 fully saturated rings. The highest BCUT2D eigenvalue weighted by Crippen LogP contribution is 2.34. The van der Waals surface area contributed by atoms with E-state index in [-0.39, 0.29) is 11.6 Å². The molecule has 94 valence electrons. The van der Waals surface area contributed by atoms with Crippen LogP contribution in [0.25, 0.3) is 0 Å². The molecule has 1 unspecified atom stereocenters. The van der Waals surface area contributed by atoms with Gasteiger partial charge in [-0.2, -0.15) is 0 Å². The Morgan fingerprint density at radius 2 is 1.88 bits per heavy atom. The van der Waals surface area contributed by atoms with Crippen LogP contribution in [-0.2, 0) is 4.74 Å². The highest BCUT2D eigenvalue weighted by atomic mass is 16.5. The minimum atomic E-state index is -0.0792. The Bertz CT molecular complexity index is 217. The van der Waals surface area contributed by atoms with Crippen LogP contribution in [0.4, 0.5) is 0 Å². The van der Waals surface area contributed by atoms with Gasteiger partial charge in [-0.25, -0.2) is 0 Å². The molecule has 0 aromatic carbocycles. The predicted octanol–water partition coefficient (Wildman–Crippen LogP) is 3.41. The second kappa shape index (κ2) is 6.41. The largest absolute Gasteiger partial charge is 0.374 e. The molecule has 1 aliphatic carbocycles. The van der Waals surface area contributed by atoms with E-state index in [2.05, 4.69) is 20.4 Å². The van der Waals surface area contributed by atoms with Crippen LogP contribution in [-0.4, -0.2) is 18.2 Å². The van der Waals surface area contributed by atoms with Crippen LogP contribution >= 0.6 is 0 Å². The zero-order chi connectivity index (χ0) is 12.0. The Balaban J connectivity index is 2.71. The maximum Gasteiger partial charge on any atom is 0.0835 e. The van der Waals surface area contributed by atoms with Gasteiger partial charge in [0.25, 0.3) is 0 Å². The van der Waals surface area contributed by atoms with E-state index in [1.807, 2.05) is 0 Å². The van der Waals surface area contributed by atoms with Crippen molar-refractivity contribution in [1.29, 1.82) is 0 Å². The first-order chi connectivity index (χ1) is 7.60. The van der Waals surface area contributed by atoms with E-state index >= 15 is 0 Å². The molecule has 0 aliphatic heterocycles. The van der Waals surface area contributed by atoms with Crippen LogP contribution in [0.5, 0.6) is 0 Å². The Morgan fingerprint density at radius 3 is 2.31 bits per heavy atom. The van der Waals surface area contributed by atoms with Gasteiger partial charge < -0.3 is 10.5 Å². The molecule has 0 aromatic rings. The molecule has 0 amide bonds. The number of hydrogen-bond acceptors (Lipinski definition) is 2. The molecule has 0 aromatic heterocycles. The summed E-state index contributed by atoms with van der Waals surface area (Å²) in [7, 11) is 0. The molecule has 2 heteroatoms. The summed E-state index contributed by atoms with van der Waals surface area (Å²) in [4.78, 5) is 0. The van der Waals surface area contributed by atoms with Crippen LogP contribution in [0.3, 0.4) is 0 Å². The van der Waals surface area contributed by atoms with Crippen molar-refractivity contribution in [3.8, 4) is 0 Å². The average molecular weight is 225 g/mol. The van der Waals surface area contributed by atoms with Gasteiger partial charge >= 0.3 is 0 Å². The van der Waals surface area contributed by atoms with Gasteiger partial charge in [0.2, 0.25) is 0 Å². The number of ether oxygens (including phenoxy) is 1. The normalized spacial score (nSPS) is 22.4. The number of rotatable bonds is 5. The summed E-state index contributed by atoms with van der Waals surface area (Å²) in [5, 5.41) is 0. The third-order valence-corrected chi connectivity index (χ3v) is 3.63. The molecule has 0 radical (unpaired) electrons. The Labute approximate surface area is 100 Å². The lowest BCUT2D eigenvalue weighted by Gasteiger charge is -2.38. The van der Waals surface area contributed by atoms with E-state index < -0.39 is 0 Å². The van der Waals surface area contributed by atoms with Crippen LogP contribution in [0.1, 0.15) is 58.8 Å². The van der Waals surface area contributed by atoms with E-state index in [9.17, 15) is 0 Å². The van der Waals surface area contributed by atoms with Crippen molar-refractivity contribution in [3.63, 3.8) is 0 Å². The van der Waals surface area contributed by atoms with E-state index in [4.69, 9.17) is 10.5 Å².